The lowest BCUT2D eigenvalue weighted by molar-refractivity contribution is 1.00. The molecule has 2 aromatic heterocycles. The van der Waals surface area contributed by atoms with Gasteiger partial charge in [-0.2, -0.15) is 0 Å². The van der Waals surface area contributed by atoms with Crippen LogP contribution in [0.2, 0.25) is 5.02 Å². The number of para-hydroxylation sites is 1. The first-order valence-corrected chi connectivity index (χ1v) is 6.96. The molecule has 0 bridgehead atoms. The molecule has 0 aliphatic carbocycles. The van der Waals surface area contributed by atoms with E-state index in [0.717, 1.165) is 17.3 Å². The number of hydrogen-bond acceptors (Lipinski definition) is 5. The highest BCUT2D eigenvalue weighted by atomic mass is 35.5. The molecule has 3 rings (SSSR count). The molecule has 0 unspecified atom stereocenters. The van der Waals surface area contributed by atoms with Gasteiger partial charge in [0, 0.05) is 18.1 Å². The number of hydrogen-bond donors (Lipinski definition) is 2. The maximum atomic E-state index is 6.05. The molecule has 1 aromatic carbocycles. The topological polar surface area (TPSA) is 76.7 Å². The third-order valence-corrected chi connectivity index (χ3v) is 3.59. The van der Waals surface area contributed by atoms with Gasteiger partial charge in [-0.05, 0) is 18.1 Å². The number of aromatic nitrogens is 3. The summed E-state index contributed by atoms with van der Waals surface area (Å²) >= 11 is 6.05. The van der Waals surface area contributed by atoms with Crippen LogP contribution in [0.25, 0.3) is 10.9 Å². The molecule has 3 aromatic rings. The van der Waals surface area contributed by atoms with Crippen molar-refractivity contribution in [3.63, 3.8) is 0 Å². The Morgan fingerprint density at radius 3 is 2.86 bits per heavy atom. The molecular weight excluding hydrogens is 286 g/mol. The van der Waals surface area contributed by atoms with Gasteiger partial charge in [-0.15, -0.1) is 0 Å². The predicted molar refractivity (Wildman–Crippen MR) is 85.4 cm³/mol. The molecular formula is C15H14ClN5. The monoisotopic (exact) mass is 299 g/mol. The Hall–Kier alpha value is -2.40. The Balaban J connectivity index is 1.74. The summed E-state index contributed by atoms with van der Waals surface area (Å²) in [5.74, 6) is 0.832. The molecule has 0 spiro atoms. The highest BCUT2D eigenvalue weighted by molar-refractivity contribution is 6.35. The summed E-state index contributed by atoms with van der Waals surface area (Å²) in [6.07, 6.45) is 4.01. The van der Waals surface area contributed by atoms with Crippen molar-refractivity contribution < 1.29 is 0 Å². The number of nitrogens with zero attached hydrogens (tertiary/aromatic N) is 3. The lowest BCUT2D eigenvalue weighted by Crippen LogP contribution is -2.08. The Kier molecular flexibility index (Phi) is 3.83. The number of nitrogens with one attached hydrogen (secondary N) is 1. The average Bonchev–Trinajstić information content (AvgIpc) is 2.52. The third kappa shape index (κ3) is 2.87. The minimum absolute atomic E-state index is 0.279. The van der Waals surface area contributed by atoms with Crippen molar-refractivity contribution in [2.75, 3.05) is 17.6 Å². The van der Waals surface area contributed by atoms with Crippen molar-refractivity contribution in [1.29, 1.82) is 0 Å². The van der Waals surface area contributed by atoms with Gasteiger partial charge in [-0.25, -0.2) is 9.97 Å². The summed E-state index contributed by atoms with van der Waals surface area (Å²) in [7, 11) is 0. The van der Waals surface area contributed by atoms with Crippen molar-refractivity contribution in [3.05, 3.63) is 53.4 Å². The van der Waals surface area contributed by atoms with Crippen LogP contribution in [-0.2, 0) is 6.42 Å². The molecule has 6 heteroatoms. The molecule has 0 fully saturated rings. The van der Waals surface area contributed by atoms with Crippen LogP contribution in [0.15, 0.2) is 42.9 Å². The molecule has 0 saturated carbocycles. The lowest BCUT2D eigenvalue weighted by atomic mass is 10.1. The Morgan fingerprint density at radius 2 is 1.95 bits per heavy atom. The van der Waals surface area contributed by atoms with Gasteiger partial charge in [0.05, 0.1) is 5.52 Å². The van der Waals surface area contributed by atoms with E-state index >= 15 is 0 Å². The number of fused-ring (bicyclic) bond motifs is 1. The van der Waals surface area contributed by atoms with E-state index in [1.165, 1.54) is 11.9 Å². The second-order valence-electron chi connectivity index (χ2n) is 4.59. The molecule has 0 amide bonds. The normalized spacial score (nSPS) is 10.7. The fourth-order valence-corrected chi connectivity index (χ4v) is 2.36. The van der Waals surface area contributed by atoms with Gasteiger partial charge in [-0.1, -0.05) is 35.9 Å². The second kappa shape index (κ2) is 5.93. The van der Waals surface area contributed by atoms with Gasteiger partial charge in [-0.3, -0.25) is 4.98 Å². The van der Waals surface area contributed by atoms with Crippen LogP contribution in [0, 0.1) is 0 Å². The minimum Gasteiger partial charge on any atom is -0.382 e. The fraction of sp³-hybridized carbons (Fsp3) is 0.133. The molecule has 2 heterocycles. The quantitative estimate of drug-likeness (QED) is 0.774. The van der Waals surface area contributed by atoms with Gasteiger partial charge in [0.2, 0.25) is 0 Å². The summed E-state index contributed by atoms with van der Waals surface area (Å²) in [5, 5.41) is 4.67. The summed E-state index contributed by atoms with van der Waals surface area (Å²) in [6.45, 7) is 0.686. The molecule has 21 heavy (non-hydrogen) atoms. The van der Waals surface area contributed by atoms with Crippen LogP contribution in [0.5, 0.6) is 0 Å². The third-order valence-electron chi connectivity index (χ3n) is 3.22. The number of nitrogens with two attached hydrogens (primary N) is 1. The number of benzene rings is 1. The summed E-state index contributed by atoms with van der Waals surface area (Å²) in [4.78, 5) is 12.4. The second-order valence-corrected chi connectivity index (χ2v) is 4.97. The highest BCUT2D eigenvalue weighted by Gasteiger charge is 2.06. The van der Waals surface area contributed by atoms with Crippen LogP contribution in [0.1, 0.15) is 5.56 Å². The van der Waals surface area contributed by atoms with Gasteiger partial charge in [0.1, 0.15) is 23.0 Å². The van der Waals surface area contributed by atoms with E-state index in [0.29, 0.717) is 17.4 Å². The van der Waals surface area contributed by atoms with E-state index < -0.39 is 0 Å². The Bertz CT molecular complexity index is 770. The van der Waals surface area contributed by atoms with E-state index in [4.69, 9.17) is 17.3 Å². The van der Waals surface area contributed by atoms with Gasteiger partial charge < -0.3 is 11.1 Å². The first kappa shape index (κ1) is 13.6. The van der Waals surface area contributed by atoms with Crippen LogP contribution in [0.4, 0.5) is 11.6 Å². The molecule has 0 aliphatic heterocycles. The zero-order valence-electron chi connectivity index (χ0n) is 11.3. The largest absolute Gasteiger partial charge is 0.382 e. The van der Waals surface area contributed by atoms with Crippen LogP contribution in [0.3, 0.4) is 0 Å². The SMILES string of the molecule is Nc1ncnc(NCCc2cccc3cccnc23)c1Cl. The van der Waals surface area contributed by atoms with E-state index in [9.17, 15) is 0 Å². The van der Waals surface area contributed by atoms with E-state index in [1.54, 1.807) is 6.20 Å². The first-order valence-electron chi connectivity index (χ1n) is 6.58. The van der Waals surface area contributed by atoms with Crippen molar-refractivity contribution in [3.8, 4) is 0 Å². The Labute approximate surface area is 127 Å². The minimum atomic E-state index is 0.279. The van der Waals surface area contributed by atoms with Crippen LogP contribution in [-0.4, -0.2) is 21.5 Å². The fourth-order valence-electron chi connectivity index (χ4n) is 2.19. The Morgan fingerprint density at radius 1 is 1.10 bits per heavy atom. The number of halogens is 1. The average molecular weight is 300 g/mol. The molecule has 106 valence electrons. The van der Waals surface area contributed by atoms with Crippen molar-refractivity contribution in [1.82, 2.24) is 15.0 Å². The van der Waals surface area contributed by atoms with Crippen LogP contribution >= 0.6 is 11.6 Å². The maximum Gasteiger partial charge on any atom is 0.150 e. The number of nitrogen functional groups attached to an aromatic ring is 1. The van der Waals surface area contributed by atoms with Crippen LogP contribution < -0.4 is 11.1 Å². The first-order chi connectivity index (χ1) is 10.3. The molecule has 5 nitrogen and oxygen atoms in total. The van der Waals surface area contributed by atoms with Crippen molar-refractivity contribution in [2.24, 2.45) is 0 Å². The zero-order valence-corrected chi connectivity index (χ0v) is 12.0. The maximum absolute atomic E-state index is 6.05. The van der Waals surface area contributed by atoms with Gasteiger partial charge in [0.15, 0.2) is 0 Å². The van der Waals surface area contributed by atoms with Crippen molar-refractivity contribution in [2.45, 2.75) is 6.42 Å². The predicted octanol–water partition coefficient (Wildman–Crippen LogP) is 2.92. The smallest absolute Gasteiger partial charge is 0.150 e. The summed E-state index contributed by atoms with van der Waals surface area (Å²) < 4.78 is 0. The van der Waals surface area contributed by atoms with Gasteiger partial charge in [0.25, 0.3) is 0 Å². The highest BCUT2D eigenvalue weighted by Crippen LogP contribution is 2.23. The number of anilines is 2. The van der Waals surface area contributed by atoms with E-state index in [-0.39, 0.29) is 5.82 Å². The zero-order chi connectivity index (χ0) is 14.7. The molecule has 0 atom stereocenters. The molecule has 0 radical (unpaired) electrons. The van der Waals surface area contributed by atoms with E-state index in [2.05, 4.69) is 38.5 Å². The number of rotatable bonds is 4. The molecule has 3 N–H and O–H groups in total. The molecule has 0 aliphatic rings. The van der Waals surface area contributed by atoms with E-state index in [1.807, 2.05) is 12.1 Å². The number of pyridine rings is 1. The summed E-state index contributed by atoms with van der Waals surface area (Å²) in [6, 6.07) is 10.2. The van der Waals surface area contributed by atoms with Gasteiger partial charge >= 0.3 is 0 Å². The van der Waals surface area contributed by atoms with Crippen molar-refractivity contribution >= 4 is 34.1 Å². The lowest BCUT2D eigenvalue weighted by Gasteiger charge is -2.09. The summed E-state index contributed by atoms with van der Waals surface area (Å²) in [5.41, 5.74) is 7.85. The standard InChI is InChI=1S/C15H14ClN5/c16-12-14(17)20-9-21-15(12)19-8-6-11-4-1-3-10-5-2-7-18-13(10)11/h1-5,7,9H,6,8H2,(H3,17,19,20,21). The molecule has 0 saturated heterocycles.